The molecule has 6 nitrogen and oxygen atoms in total. The van der Waals surface area contributed by atoms with Crippen LogP contribution in [0.1, 0.15) is 22.3 Å². The molecule has 0 aliphatic carbocycles. The molecule has 0 bridgehead atoms. The number of methoxy groups -OCH3 is 3. The second-order valence-electron chi connectivity index (χ2n) is 6.56. The molecule has 0 saturated carbocycles. The Hall–Kier alpha value is -2.73. The van der Waals surface area contributed by atoms with Crippen LogP contribution in [0, 0.1) is 0 Å². The number of nitrogens with one attached hydrogen (secondary N) is 1. The summed E-state index contributed by atoms with van der Waals surface area (Å²) in [6.07, 6.45) is 0.798. The SMILES string of the molecule is COCc1cccc(CNC(=O)N2CCc3cc(OC)c(OC)cc3C2)c1. The molecule has 1 aliphatic rings. The summed E-state index contributed by atoms with van der Waals surface area (Å²) in [5, 5.41) is 3.01. The summed E-state index contributed by atoms with van der Waals surface area (Å²) in [6.45, 7) is 2.30. The topological polar surface area (TPSA) is 60.0 Å². The van der Waals surface area contributed by atoms with Gasteiger partial charge in [-0.25, -0.2) is 4.79 Å². The summed E-state index contributed by atoms with van der Waals surface area (Å²) in [5.74, 6) is 1.42. The number of benzene rings is 2. The third-order valence-corrected chi connectivity index (χ3v) is 4.75. The van der Waals surface area contributed by atoms with Gasteiger partial charge in [0, 0.05) is 26.7 Å². The predicted octanol–water partition coefficient (Wildman–Crippen LogP) is 3.12. The first-order valence-corrected chi connectivity index (χ1v) is 8.98. The molecule has 0 saturated heterocycles. The van der Waals surface area contributed by atoms with E-state index in [0.29, 0.717) is 32.0 Å². The molecular formula is C21H26N2O4. The highest BCUT2D eigenvalue weighted by molar-refractivity contribution is 5.74. The number of fused-ring (bicyclic) bond motifs is 1. The van der Waals surface area contributed by atoms with E-state index in [1.807, 2.05) is 41.3 Å². The van der Waals surface area contributed by atoms with E-state index in [-0.39, 0.29) is 6.03 Å². The van der Waals surface area contributed by atoms with Crippen LogP contribution in [0.2, 0.25) is 0 Å². The number of urea groups is 1. The molecule has 0 radical (unpaired) electrons. The molecular weight excluding hydrogens is 344 g/mol. The number of nitrogens with zero attached hydrogens (tertiary/aromatic N) is 1. The summed E-state index contributed by atoms with van der Waals surface area (Å²) in [7, 11) is 4.93. The summed E-state index contributed by atoms with van der Waals surface area (Å²) in [4.78, 5) is 14.4. The van der Waals surface area contributed by atoms with E-state index in [9.17, 15) is 4.79 Å². The van der Waals surface area contributed by atoms with Crippen LogP contribution in [0.4, 0.5) is 4.79 Å². The zero-order chi connectivity index (χ0) is 19.2. The first-order chi connectivity index (χ1) is 13.1. The highest BCUT2D eigenvalue weighted by Crippen LogP contribution is 2.33. The summed E-state index contributed by atoms with van der Waals surface area (Å²) < 4.78 is 15.9. The van der Waals surface area contributed by atoms with Crippen LogP contribution in [0.5, 0.6) is 11.5 Å². The second-order valence-corrected chi connectivity index (χ2v) is 6.56. The lowest BCUT2D eigenvalue weighted by atomic mass is 9.99. The van der Waals surface area contributed by atoms with Gasteiger partial charge in [0.1, 0.15) is 0 Å². The van der Waals surface area contributed by atoms with E-state index >= 15 is 0 Å². The molecule has 1 N–H and O–H groups in total. The van der Waals surface area contributed by atoms with Gasteiger partial charge in [-0.1, -0.05) is 24.3 Å². The molecule has 2 aromatic carbocycles. The van der Waals surface area contributed by atoms with Crippen molar-refractivity contribution in [3.8, 4) is 11.5 Å². The largest absolute Gasteiger partial charge is 0.493 e. The maximum atomic E-state index is 12.6. The van der Waals surface area contributed by atoms with Crippen molar-refractivity contribution in [2.75, 3.05) is 27.9 Å². The van der Waals surface area contributed by atoms with Gasteiger partial charge in [-0.15, -0.1) is 0 Å². The maximum absolute atomic E-state index is 12.6. The highest BCUT2D eigenvalue weighted by Gasteiger charge is 2.22. The van der Waals surface area contributed by atoms with E-state index in [1.54, 1.807) is 21.3 Å². The predicted molar refractivity (Wildman–Crippen MR) is 103 cm³/mol. The Bertz CT molecular complexity index is 807. The minimum Gasteiger partial charge on any atom is -0.493 e. The summed E-state index contributed by atoms with van der Waals surface area (Å²) >= 11 is 0. The van der Waals surface area contributed by atoms with Crippen molar-refractivity contribution < 1.29 is 19.0 Å². The number of hydrogen-bond acceptors (Lipinski definition) is 4. The van der Waals surface area contributed by atoms with Gasteiger partial charge in [-0.2, -0.15) is 0 Å². The van der Waals surface area contributed by atoms with Gasteiger partial charge in [0.25, 0.3) is 0 Å². The van der Waals surface area contributed by atoms with Crippen LogP contribution in [-0.2, 0) is 30.9 Å². The molecule has 0 spiro atoms. The zero-order valence-corrected chi connectivity index (χ0v) is 16.1. The fourth-order valence-electron chi connectivity index (χ4n) is 3.34. The Labute approximate surface area is 160 Å². The van der Waals surface area contributed by atoms with Crippen molar-refractivity contribution in [3.63, 3.8) is 0 Å². The quantitative estimate of drug-likeness (QED) is 0.849. The van der Waals surface area contributed by atoms with Gasteiger partial charge >= 0.3 is 6.03 Å². The van der Waals surface area contributed by atoms with Crippen molar-refractivity contribution in [2.45, 2.75) is 26.1 Å². The molecule has 0 fully saturated rings. The van der Waals surface area contributed by atoms with Crippen LogP contribution in [0.25, 0.3) is 0 Å². The van der Waals surface area contributed by atoms with Crippen molar-refractivity contribution in [3.05, 3.63) is 58.7 Å². The fraction of sp³-hybridized carbons (Fsp3) is 0.381. The molecule has 2 aromatic rings. The lowest BCUT2D eigenvalue weighted by Crippen LogP contribution is -2.42. The Morgan fingerprint density at radius 1 is 1.04 bits per heavy atom. The van der Waals surface area contributed by atoms with Crippen LogP contribution in [0.15, 0.2) is 36.4 Å². The fourth-order valence-corrected chi connectivity index (χ4v) is 3.34. The first kappa shape index (κ1) is 19.0. The van der Waals surface area contributed by atoms with Gasteiger partial charge in [-0.3, -0.25) is 0 Å². The maximum Gasteiger partial charge on any atom is 0.317 e. The van der Waals surface area contributed by atoms with E-state index in [4.69, 9.17) is 14.2 Å². The van der Waals surface area contributed by atoms with E-state index in [1.165, 1.54) is 5.56 Å². The lowest BCUT2D eigenvalue weighted by molar-refractivity contribution is 0.184. The van der Waals surface area contributed by atoms with Crippen molar-refractivity contribution in [2.24, 2.45) is 0 Å². The second kappa shape index (κ2) is 8.77. The zero-order valence-electron chi connectivity index (χ0n) is 16.1. The molecule has 27 heavy (non-hydrogen) atoms. The molecule has 6 heteroatoms. The van der Waals surface area contributed by atoms with Crippen LogP contribution in [-0.4, -0.2) is 38.8 Å². The average Bonchev–Trinajstić information content (AvgIpc) is 2.71. The normalized spacial score (nSPS) is 13.1. The standard InChI is InChI=1S/C21H26N2O4/c1-25-14-16-6-4-5-15(9-16)12-22-21(24)23-8-7-17-10-19(26-2)20(27-3)11-18(17)13-23/h4-6,9-11H,7-8,12-14H2,1-3H3,(H,22,24). The number of hydrogen-bond donors (Lipinski definition) is 1. The Morgan fingerprint density at radius 2 is 1.74 bits per heavy atom. The van der Waals surface area contributed by atoms with Crippen LogP contribution in [0.3, 0.4) is 0 Å². The Balaban J connectivity index is 1.63. The molecule has 1 heterocycles. The van der Waals surface area contributed by atoms with Crippen LogP contribution < -0.4 is 14.8 Å². The van der Waals surface area contributed by atoms with Gasteiger partial charge in [-0.05, 0) is 40.8 Å². The third kappa shape index (κ3) is 4.52. The average molecular weight is 370 g/mol. The van der Waals surface area contributed by atoms with Gasteiger partial charge < -0.3 is 24.4 Å². The number of carbonyl (C=O) groups excluding carboxylic acids is 1. The minimum absolute atomic E-state index is 0.0624. The van der Waals surface area contributed by atoms with Crippen LogP contribution >= 0.6 is 0 Å². The summed E-state index contributed by atoms with van der Waals surface area (Å²) in [6, 6.07) is 11.9. The van der Waals surface area contributed by atoms with E-state index in [0.717, 1.165) is 28.9 Å². The first-order valence-electron chi connectivity index (χ1n) is 8.98. The Morgan fingerprint density at radius 3 is 2.44 bits per heavy atom. The third-order valence-electron chi connectivity index (χ3n) is 4.75. The van der Waals surface area contributed by atoms with Gasteiger partial charge in [0.15, 0.2) is 11.5 Å². The van der Waals surface area contributed by atoms with E-state index in [2.05, 4.69) is 5.32 Å². The molecule has 0 aromatic heterocycles. The highest BCUT2D eigenvalue weighted by atomic mass is 16.5. The molecule has 2 amide bonds. The number of carbonyl (C=O) groups is 1. The number of ether oxygens (including phenoxy) is 3. The van der Waals surface area contributed by atoms with Crippen molar-refractivity contribution >= 4 is 6.03 Å². The van der Waals surface area contributed by atoms with Gasteiger partial charge in [0.2, 0.25) is 0 Å². The molecule has 144 valence electrons. The molecule has 1 aliphatic heterocycles. The lowest BCUT2D eigenvalue weighted by Gasteiger charge is -2.29. The molecule has 0 unspecified atom stereocenters. The number of rotatable bonds is 6. The smallest absolute Gasteiger partial charge is 0.317 e. The van der Waals surface area contributed by atoms with Gasteiger partial charge in [0.05, 0.1) is 20.8 Å². The Kier molecular flexibility index (Phi) is 6.19. The van der Waals surface area contributed by atoms with Crippen molar-refractivity contribution in [1.82, 2.24) is 10.2 Å². The minimum atomic E-state index is -0.0624. The summed E-state index contributed by atoms with van der Waals surface area (Å²) in [5.41, 5.74) is 4.44. The monoisotopic (exact) mass is 370 g/mol. The van der Waals surface area contributed by atoms with Crippen molar-refractivity contribution in [1.29, 1.82) is 0 Å². The molecule has 0 atom stereocenters. The molecule has 3 rings (SSSR count). The number of amides is 2. The van der Waals surface area contributed by atoms with E-state index < -0.39 is 0 Å².